The molecule has 0 aromatic rings. The molecule has 0 spiro atoms. The molecule has 24 heavy (non-hydrogen) atoms. The third-order valence-corrected chi connectivity index (χ3v) is 17.7. The Bertz CT molecular complexity index is 466. The summed E-state index contributed by atoms with van der Waals surface area (Å²) in [7, 11) is -4.79. The largest absolute Gasteiger partial charge is 0.414 e. The van der Waals surface area contributed by atoms with Crippen molar-refractivity contribution in [2.24, 2.45) is 0 Å². The average Bonchev–Trinajstić information content (AvgIpc) is 2.77. The molecule has 140 valence electrons. The van der Waals surface area contributed by atoms with Gasteiger partial charge in [-0.15, -0.1) is 11.8 Å². The number of hydrogen-bond donors (Lipinski definition) is 0. The molecule has 0 radical (unpaired) electrons. The maximum Gasteiger partial charge on any atom is 0.335 e. The summed E-state index contributed by atoms with van der Waals surface area (Å²) in [6, 6.07) is 0. The highest BCUT2D eigenvalue weighted by Crippen LogP contribution is 2.49. The van der Waals surface area contributed by atoms with Crippen LogP contribution < -0.4 is 0 Å². The van der Waals surface area contributed by atoms with Crippen LogP contribution in [-0.4, -0.2) is 35.1 Å². The minimum Gasteiger partial charge on any atom is -0.414 e. The van der Waals surface area contributed by atoms with Crippen LogP contribution >= 0.6 is 34.4 Å². The van der Waals surface area contributed by atoms with Gasteiger partial charge in [0.15, 0.2) is 0 Å². The van der Waals surface area contributed by atoms with Crippen LogP contribution in [0, 0.1) is 0 Å². The topological polar surface area (TPSA) is 27.7 Å². The van der Waals surface area contributed by atoms with Gasteiger partial charge in [-0.1, -0.05) is 55.4 Å². The maximum absolute atomic E-state index is 7.15. The Kier molecular flexibility index (Phi) is 7.16. The Labute approximate surface area is 168 Å². The summed E-state index contributed by atoms with van der Waals surface area (Å²) in [4.78, 5) is 0. The van der Waals surface area contributed by atoms with Gasteiger partial charge < -0.3 is 13.0 Å². The van der Waals surface area contributed by atoms with Crippen LogP contribution in [0.3, 0.4) is 0 Å². The van der Waals surface area contributed by atoms with E-state index in [1.807, 2.05) is 11.8 Å². The molecule has 0 aromatic carbocycles. The van der Waals surface area contributed by atoms with Gasteiger partial charge in [0.1, 0.15) is 0 Å². The smallest absolute Gasteiger partial charge is 0.335 e. The Morgan fingerprint density at radius 2 is 1.46 bits per heavy atom. The molecule has 2 aliphatic rings. The van der Waals surface area contributed by atoms with Crippen molar-refractivity contribution in [1.82, 2.24) is 0 Å². The molecule has 7 heteroatoms. The molecule has 1 fully saturated rings. The normalized spacial score (nSPS) is 29.8. The zero-order valence-corrected chi connectivity index (χ0v) is 21.2. The van der Waals surface area contributed by atoms with E-state index in [2.05, 4.69) is 84.1 Å². The van der Waals surface area contributed by atoms with Gasteiger partial charge in [0.25, 0.3) is 0 Å². The molecule has 0 aromatic heterocycles. The van der Waals surface area contributed by atoms with Gasteiger partial charge in [0.2, 0.25) is 0 Å². The number of hydrogen-bond acceptors (Lipinski definition) is 4. The van der Waals surface area contributed by atoms with E-state index in [1.54, 1.807) is 0 Å². The van der Waals surface area contributed by atoms with Crippen molar-refractivity contribution in [1.29, 1.82) is 0 Å². The number of thioether (sulfide) groups is 1. The molecular weight excluding hydrogens is 467 g/mol. The summed E-state index contributed by atoms with van der Waals surface area (Å²) in [5.74, 6) is 0. The lowest BCUT2D eigenvalue weighted by atomic mass is 10.3. The molecular formula is C17H33IO3SSi2. The summed E-state index contributed by atoms with van der Waals surface area (Å²) in [5.41, 5.74) is 1.64. The maximum atomic E-state index is 7.15. The van der Waals surface area contributed by atoms with E-state index in [0.29, 0.717) is 27.4 Å². The summed E-state index contributed by atoms with van der Waals surface area (Å²) < 4.78 is 22.1. The highest BCUT2D eigenvalue weighted by molar-refractivity contribution is 14.1. The minimum atomic E-state index is -2.42. The average molecular weight is 501 g/mol. The van der Waals surface area contributed by atoms with Crippen LogP contribution in [0.4, 0.5) is 0 Å². The lowest BCUT2D eigenvalue weighted by Crippen LogP contribution is -2.64. The van der Waals surface area contributed by atoms with Crippen LogP contribution in [0.5, 0.6) is 0 Å². The van der Waals surface area contributed by atoms with E-state index in [-0.39, 0.29) is 6.10 Å². The fourth-order valence-corrected chi connectivity index (χ4v) is 17.5. The monoisotopic (exact) mass is 500 g/mol. The van der Waals surface area contributed by atoms with Gasteiger partial charge in [-0.2, -0.15) is 0 Å². The zero-order chi connectivity index (χ0) is 18.3. The van der Waals surface area contributed by atoms with Crippen molar-refractivity contribution in [3.05, 3.63) is 8.99 Å². The second kappa shape index (κ2) is 8.02. The molecule has 2 rings (SSSR count). The fourth-order valence-electron chi connectivity index (χ4n) is 3.86. The highest BCUT2D eigenvalue weighted by Gasteiger charge is 2.59. The van der Waals surface area contributed by atoms with E-state index in [0.717, 1.165) is 6.61 Å². The molecule has 0 amide bonds. The summed E-state index contributed by atoms with van der Waals surface area (Å²) in [6.45, 7) is 18.9. The molecule has 0 unspecified atom stereocenters. The van der Waals surface area contributed by atoms with E-state index in [9.17, 15) is 0 Å². The second-order valence-electron chi connectivity index (χ2n) is 8.18. The van der Waals surface area contributed by atoms with E-state index >= 15 is 0 Å². The van der Waals surface area contributed by atoms with Gasteiger partial charge in [-0.25, -0.2) is 0 Å². The van der Waals surface area contributed by atoms with Crippen molar-refractivity contribution in [3.8, 4) is 0 Å². The van der Waals surface area contributed by atoms with E-state index < -0.39 is 17.1 Å². The minimum absolute atomic E-state index is 0.129. The molecule has 0 aliphatic carbocycles. The Balaban J connectivity index is 2.51. The Hall–Kier alpha value is 1.13. The fraction of sp³-hybridized carbons (Fsp3) is 0.882. The van der Waals surface area contributed by atoms with Gasteiger partial charge >= 0.3 is 17.1 Å². The van der Waals surface area contributed by atoms with Crippen molar-refractivity contribution in [2.45, 2.75) is 88.9 Å². The molecule has 0 bridgehead atoms. The zero-order valence-electron chi connectivity index (χ0n) is 16.3. The Morgan fingerprint density at radius 3 is 1.92 bits per heavy atom. The number of fused-ring (bicyclic) bond motifs is 1. The van der Waals surface area contributed by atoms with Crippen LogP contribution in [0.25, 0.3) is 0 Å². The summed E-state index contributed by atoms with van der Waals surface area (Å²) in [5, 5.41) is 0.370. The molecule has 2 heterocycles. The van der Waals surface area contributed by atoms with Gasteiger partial charge in [0, 0.05) is 2.91 Å². The Morgan fingerprint density at radius 1 is 0.958 bits per heavy atom. The predicted molar refractivity (Wildman–Crippen MR) is 117 cm³/mol. The molecule has 0 N–H and O–H groups in total. The van der Waals surface area contributed by atoms with Crippen LogP contribution in [0.15, 0.2) is 8.99 Å². The standard InChI is InChI=1S/C17H33IO3SSi2/c1-11(2)23(12(3)4)19-10-16-15(9-17(18)22-16)20-24(21-23,13(5)6)14(7)8/h9,11-16H,10H2,1-8H3/t15-,16+/m0/s1. The molecule has 2 atom stereocenters. The first-order valence-electron chi connectivity index (χ1n) is 9.11. The SMILES string of the molecule is CC(C)[Si]1(C(C)C)OC[C@H]2SC(I)=C[C@@H]2O[Si](C(C)C)(C(C)C)O1. The summed E-state index contributed by atoms with van der Waals surface area (Å²) >= 11 is 4.33. The second-order valence-corrected chi connectivity index (χ2v) is 20.2. The van der Waals surface area contributed by atoms with Gasteiger partial charge in [-0.3, -0.25) is 0 Å². The van der Waals surface area contributed by atoms with Gasteiger partial charge in [-0.05, 0) is 50.8 Å². The van der Waals surface area contributed by atoms with Crippen LogP contribution in [0.1, 0.15) is 55.4 Å². The first-order valence-corrected chi connectivity index (χ1v) is 15.0. The third kappa shape index (κ3) is 3.87. The first-order chi connectivity index (χ1) is 11.0. The lowest BCUT2D eigenvalue weighted by molar-refractivity contribution is 0.0942. The molecule has 0 saturated carbocycles. The quantitative estimate of drug-likeness (QED) is 0.333. The van der Waals surface area contributed by atoms with Crippen molar-refractivity contribution in [3.63, 3.8) is 0 Å². The van der Waals surface area contributed by atoms with Crippen molar-refractivity contribution < 1.29 is 13.0 Å². The third-order valence-electron chi connectivity index (χ3n) is 5.26. The van der Waals surface area contributed by atoms with E-state index in [4.69, 9.17) is 13.0 Å². The lowest BCUT2D eigenvalue weighted by Gasteiger charge is -2.51. The number of halogens is 1. The number of rotatable bonds is 4. The first kappa shape index (κ1) is 21.4. The van der Waals surface area contributed by atoms with E-state index in [1.165, 1.54) is 2.91 Å². The van der Waals surface area contributed by atoms with Crippen LogP contribution in [0.2, 0.25) is 22.2 Å². The van der Waals surface area contributed by atoms with Crippen molar-refractivity contribution >= 4 is 51.5 Å². The predicted octanol–water partition coefficient (Wildman–Crippen LogP) is 6.33. The molecule has 1 saturated heterocycles. The van der Waals surface area contributed by atoms with Crippen LogP contribution in [-0.2, 0) is 13.0 Å². The molecule has 2 aliphatic heterocycles. The molecule has 3 nitrogen and oxygen atoms in total. The summed E-state index contributed by atoms with van der Waals surface area (Å²) in [6.07, 6.45) is 2.40. The highest BCUT2D eigenvalue weighted by atomic mass is 127. The van der Waals surface area contributed by atoms with Crippen molar-refractivity contribution in [2.75, 3.05) is 6.61 Å². The van der Waals surface area contributed by atoms with Gasteiger partial charge in [0.05, 0.1) is 18.0 Å².